The first kappa shape index (κ1) is 49.8. The first-order valence-electron chi connectivity index (χ1n) is 31.9. The zero-order valence-corrected chi connectivity index (χ0v) is 49.7. The Kier molecular flexibility index (Phi) is 10.1. The van der Waals surface area contributed by atoms with Gasteiger partial charge >= 0.3 is 0 Å². The summed E-state index contributed by atoms with van der Waals surface area (Å²) in [5.41, 5.74) is 15.7. The molecule has 0 spiro atoms. The third-order valence-corrected chi connectivity index (χ3v) is 20.5. The predicted octanol–water partition coefficient (Wildman–Crippen LogP) is 25.9. The lowest BCUT2D eigenvalue weighted by molar-refractivity contribution is 0.672. The molecule has 0 aliphatic heterocycles. The van der Waals surface area contributed by atoms with Crippen LogP contribution < -0.4 is 0 Å². The Labute approximate surface area is 527 Å². The Morgan fingerprint density at radius 1 is 0.163 bits per heavy atom. The van der Waals surface area contributed by atoms with Crippen LogP contribution in [0.3, 0.4) is 0 Å². The highest BCUT2D eigenvalue weighted by molar-refractivity contribution is 6.32. The molecule has 0 atom stereocenters. The smallest absolute Gasteiger partial charge is 0.143 e. The van der Waals surface area contributed by atoms with Crippen molar-refractivity contribution in [2.24, 2.45) is 0 Å². The zero-order chi connectivity index (χ0) is 59.9. The summed E-state index contributed by atoms with van der Waals surface area (Å²) >= 11 is 0. The van der Waals surface area contributed by atoms with Gasteiger partial charge in [0.15, 0.2) is 0 Å². The van der Waals surface area contributed by atoms with E-state index in [1.165, 1.54) is 141 Å². The zero-order valence-electron chi connectivity index (χ0n) is 49.7. The highest BCUT2D eigenvalue weighted by Crippen LogP contribution is 2.52. The van der Waals surface area contributed by atoms with E-state index in [0.717, 1.165) is 76.7 Å². The Hall–Kier alpha value is -12.1. The van der Waals surface area contributed by atoms with Crippen LogP contribution in [0.25, 0.3) is 218 Å². The highest BCUT2D eigenvalue weighted by Gasteiger charge is 2.25. The van der Waals surface area contributed by atoms with E-state index in [4.69, 9.17) is 8.83 Å². The monoisotopic (exact) mass is 1160 g/mol. The van der Waals surface area contributed by atoms with Gasteiger partial charge in [-0.1, -0.05) is 255 Å². The second-order valence-electron chi connectivity index (χ2n) is 25.2. The predicted molar refractivity (Wildman–Crippen MR) is 392 cm³/mol. The van der Waals surface area contributed by atoms with Gasteiger partial charge in [-0.3, -0.25) is 0 Å². The molecule has 21 aromatic rings. The minimum absolute atomic E-state index is 0.871. The minimum atomic E-state index is 0.871. The fraction of sp³-hybridized carbons (Fsp3) is 0. The molecule has 0 fully saturated rings. The van der Waals surface area contributed by atoms with Gasteiger partial charge in [-0.2, -0.15) is 0 Å². The van der Waals surface area contributed by atoms with Gasteiger partial charge in [0.25, 0.3) is 0 Å². The van der Waals surface area contributed by atoms with E-state index >= 15 is 0 Å². The molecule has 92 heavy (non-hydrogen) atoms. The van der Waals surface area contributed by atoms with E-state index in [1.807, 2.05) is 0 Å². The van der Waals surface area contributed by atoms with Crippen LogP contribution in [-0.2, 0) is 0 Å². The van der Waals surface area contributed by atoms with Crippen molar-refractivity contribution < 1.29 is 8.83 Å². The molecule has 2 aromatic heterocycles. The lowest BCUT2D eigenvalue weighted by Crippen LogP contribution is -1.93. The molecule has 0 amide bonds. The molecule has 21 rings (SSSR count). The number of benzene rings is 19. The second-order valence-corrected chi connectivity index (χ2v) is 25.2. The molecule has 0 aliphatic rings. The van der Waals surface area contributed by atoms with E-state index in [1.54, 1.807) is 0 Å². The van der Waals surface area contributed by atoms with Gasteiger partial charge in [0, 0.05) is 32.3 Å². The van der Waals surface area contributed by atoms with E-state index in [0.29, 0.717) is 0 Å². The van der Waals surface area contributed by atoms with Crippen LogP contribution in [0.15, 0.2) is 312 Å². The number of rotatable bonds is 5. The van der Waals surface area contributed by atoms with Crippen LogP contribution in [0.2, 0.25) is 0 Å². The first-order chi connectivity index (χ1) is 45.6. The fourth-order valence-corrected chi connectivity index (χ4v) is 16.5. The average molecular weight is 1160 g/mol. The summed E-state index contributed by atoms with van der Waals surface area (Å²) in [6.07, 6.45) is 0. The lowest BCUT2D eigenvalue weighted by Gasteiger charge is -2.20. The third-order valence-electron chi connectivity index (χ3n) is 20.5. The van der Waals surface area contributed by atoms with Crippen molar-refractivity contribution >= 4 is 162 Å². The summed E-state index contributed by atoms with van der Waals surface area (Å²) in [5, 5.41) is 31.4. The lowest BCUT2D eigenvalue weighted by atomic mass is 9.82. The van der Waals surface area contributed by atoms with E-state index in [-0.39, 0.29) is 0 Å². The van der Waals surface area contributed by atoms with Crippen molar-refractivity contribution in [2.45, 2.75) is 0 Å². The summed E-state index contributed by atoms with van der Waals surface area (Å²) in [7, 11) is 0. The maximum Gasteiger partial charge on any atom is 0.143 e. The third kappa shape index (κ3) is 6.93. The van der Waals surface area contributed by atoms with E-state index in [2.05, 4.69) is 303 Å². The summed E-state index contributed by atoms with van der Waals surface area (Å²) in [4.78, 5) is 0. The molecule has 0 aliphatic carbocycles. The molecule has 0 unspecified atom stereocenters. The average Bonchev–Trinajstić information content (AvgIpc) is 0.897. The van der Waals surface area contributed by atoms with Crippen LogP contribution in [-0.4, -0.2) is 0 Å². The second kappa shape index (κ2) is 18.7. The molecule has 2 heterocycles. The Morgan fingerprint density at radius 3 is 1.14 bits per heavy atom. The topological polar surface area (TPSA) is 26.3 Å². The van der Waals surface area contributed by atoms with Gasteiger partial charge in [-0.15, -0.1) is 0 Å². The van der Waals surface area contributed by atoms with E-state index in [9.17, 15) is 0 Å². The molecule has 0 saturated heterocycles. The van der Waals surface area contributed by atoms with E-state index < -0.39 is 0 Å². The van der Waals surface area contributed by atoms with Crippen molar-refractivity contribution in [1.29, 1.82) is 0 Å². The van der Waals surface area contributed by atoms with Gasteiger partial charge in [0.2, 0.25) is 0 Å². The van der Waals surface area contributed by atoms with Crippen LogP contribution in [0, 0.1) is 0 Å². The Morgan fingerprint density at radius 2 is 0.543 bits per heavy atom. The van der Waals surface area contributed by atoms with Crippen LogP contribution in [0.1, 0.15) is 0 Å². The molecule has 0 bridgehead atoms. The fourth-order valence-electron chi connectivity index (χ4n) is 16.5. The van der Waals surface area contributed by atoms with Gasteiger partial charge in [0.05, 0.1) is 0 Å². The van der Waals surface area contributed by atoms with Crippen LogP contribution in [0.4, 0.5) is 0 Å². The molecule has 0 saturated carbocycles. The molecule has 2 nitrogen and oxygen atoms in total. The number of hydrogen-bond acceptors (Lipinski definition) is 2. The van der Waals surface area contributed by atoms with Crippen molar-refractivity contribution in [3.8, 4) is 55.6 Å². The maximum atomic E-state index is 7.09. The number of furan rings is 2. The molecule has 0 N–H and O–H groups in total. The number of fused-ring (bicyclic) bond motifs is 17. The maximum absolute atomic E-state index is 7.09. The van der Waals surface area contributed by atoms with Gasteiger partial charge in [-0.25, -0.2) is 0 Å². The largest absolute Gasteiger partial charge is 0.455 e. The molecular weight excluding hydrogens is 1110 g/mol. The summed E-state index contributed by atoms with van der Waals surface area (Å²) in [5.74, 6) is 0. The van der Waals surface area contributed by atoms with Crippen molar-refractivity contribution in [3.05, 3.63) is 303 Å². The quantitative estimate of drug-likeness (QED) is 0.127. The highest BCUT2D eigenvalue weighted by atomic mass is 16.3. The molecular formula is C90H50O2. The van der Waals surface area contributed by atoms with Gasteiger partial charge in [-0.05, 0) is 212 Å². The SMILES string of the molecule is c1ccc2c(c1)ccc1c3cc(-c4c5ccccc5c(-c5cccc6c(-c7ccc8ccc9c%10cc(-c%11c%12ccccc%12c(-c%12ccc%13ccc%14cccc%15ccc%12c%13c%14%15)c%12ccccc%11%12)ccc%10oc9c8c7)cc7ccccc7c56)c5ccccc45)ccc3oc21. The Balaban J connectivity index is 0.730. The molecule has 2 heteroatoms. The molecule has 19 aromatic carbocycles. The minimum Gasteiger partial charge on any atom is -0.455 e. The van der Waals surface area contributed by atoms with Crippen LogP contribution >= 0.6 is 0 Å². The standard InChI is InChI=1S/C90H50O2/c1-4-20-61-51(15-1)35-43-73-78-49-58(39-45-80(78)91-89(61)73)84-64-23-7-11-27-68(64)88(69-28-12-8-24-65(69)84)75-30-14-29-70-76(47-56-16-2-3-19-60(56)86(70)75)57-34-31-52-36-44-74-79-50-59(40-46-81(79)92-90(74)77(52)48-57)83-62-21-5-9-25-66(62)87(67-26-10-6-22-63(67)83)72-42-38-55-33-32-53-17-13-18-54-37-41-71(72)85(55)82(53)54/h1-50H. The van der Waals surface area contributed by atoms with Gasteiger partial charge in [0.1, 0.15) is 22.3 Å². The summed E-state index contributed by atoms with van der Waals surface area (Å²) in [6.45, 7) is 0. The normalized spacial score (nSPS) is 12.3. The van der Waals surface area contributed by atoms with Crippen molar-refractivity contribution in [2.75, 3.05) is 0 Å². The number of hydrogen-bond donors (Lipinski definition) is 0. The first-order valence-corrected chi connectivity index (χ1v) is 31.9. The van der Waals surface area contributed by atoms with Gasteiger partial charge < -0.3 is 8.83 Å². The summed E-state index contributed by atoms with van der Waals surface area (Å²) < 4.78 is 13.7. The van der Waals surface area contributed by atoms with Crippen LogP contribution in [0.5, 0.6) is 0 Å². The Bertz CT molecular complexity index is 6680. The van der Waals surface area contributed by atoms with Crippen molar-refractivity contribution in [3.63, 3.8) is 0 Å². The molecule has 0 radical (unpaired) electrons. The summed E-state index contributed by atoms with van der Waals surface area (Å²) in [6, 6.07) is 113. The molecule has 422 valence electrons. The van der Waals surface area contributed by atoms with Crippen molar-refractivity contribution in [1.82, 2.24) is 0 Å².